The Labute approximate surface area is 162 Å². The maximum Gasteiger partial charge on any atom is 0.255 e. The summed E-state index contributed by atoms with van der Waals surface area (Å²) in [4.78, 5) is 15.2. The fraction of sp³-hybridized carbons (Fsp3) is 0.550. The molecular formula is C20H25BrN4O. The first kappa shape index (κ1) is 17.7. The van der Waals surface area contributed by atoms with Crippen LogP contribution in [0.5, 0.6) is 0 Å². The molecule has 138 valence electrons. The standard InChI is InChI=1S/C20H25BrN4O/c1-20(2,3)18-12-24(23-22-18)15-10-13-8-9-14(11-15)25(13)19(26)16-6-4-5-7-17(16)21/h4-7,12-15H,8-11H2,1-3H3. The number of nitrogens with zero attached hydrogens (tertiary/aromatic N) is 4. The summed E-state index contributed by atoms with van der Waals surface area (Å²) in [6.45, 7) is 6.47. The van der Waals surface area contributed by atoms with Crippen LogP contribution in [0.25, 0.3) is 0 Å². The summed E-state index contributed by atoms with van der Waals surface area (Å²) in [6.07, 6.45) is 6.17. The van der Waals surface area contributed by atoms with Gasteiger partial charge in [0.1, 0.15) is 0 Å². The van der Waals surface area contributed by atoms with Crippen LogP contribution in [0.1, 0.15) is 68.5 Å². The van der Waals surface area contributed by atoms with Crippen LogP contribution >= 0.6 is 15.9 Å². The zero-order valence-corrected chi connectivity index (χ0v) is 17.1. The normalized spacial score (nSPS) is 25.5. The van der Waals surface area contributed by atoms with Crippen LogP contribution in [0.3, 0.4) is 0 Å². The minimum atomic E-state index is 0.00743. The van der Waals surface area contributed by atoms with Crippen molar-refractivity contribution in [3.8, 4) is 0 Å². The Morgan fingerprint density at radius 1 is 1.12 bits per heavy atom. The van der Waals surface area contributed by atoms with Crippen molar-refractivity contribution in [2.75, 3.05) is 0 Å². The zero-order chi connectivity index (χ0) is 18.5. The van der Waals surface area contributed by atoms with Gasteiger partial charge in [-0.3, -0.25) is 4.79 Å². The first-order chi connectivity index (χ1) is 12.3. The number of hydrogen-bond donors (Lipinski definition) is 0. The van der Waals surface area contributed by atoms with Crippen LogP contribution in [0.15, 0.2) is 34.9 Å². The molecule has 6 heteroatoms. The quantitative estimate of drug-likeness (QED) is 0.730. The highest BCUT2D eigenvalue weighted by atomic mass is 79.9. The first-order valence-corrected chi connectivity index (χ1v) is 10.1. The molecule has 4 rings (SSSR count). The Bertz CT molecular complexity index is 811. The van der Waals surface area contributed by atoms with Crippen LogP contribution < -0.4 is 0 Å². The van der Waals surface area contributed by atoms with Gasteiger partial charge >= 0.3 is 0 Å². The summed E-state index contributed by atoms with van der Waals surface area (Å²) in [5, 5.41) is 8.77. The number of piperidine rings is 1. The van der Waals surface area contributed by atoms with E-state index in [-0.39, 0.29) is 11.3 Å². The van der Waals surface area contributed by atoms with E-state index < -0.39 is 0 Å². The summed E-state index contributed by atoms with van der Waals surface area (Å²) in [5.74, 6) is 0.150. The van der Waals surface area contributed by atoms with E-state index in [1.54, 1.807) is 0 Å². The Morgan fingerprint density at radius 3 is 2.35 bits per heavy atom. The molecule has 2 unspecified atom stereocenters. The Balaban J connectivity index is 1.54. The fourth-order valence-corrected chi connectivity index (χ4v) is 4.72. The Morgan fingerprint density at radius 2 is 1.77 bits per heavy atom. The molecule has 26 heavy (non-hydrogen) atoms. The van der Waals surface area contributed by atoms with Crippen LogP contribution in [0.4, 0.5) is 0 Å². The van der Waals surface area contributed by atoms with Crippen molar-refractivity contribution >= 4 is 21.8 Å². The maximum absolute atomic E-state index is 13.1. The minimum absolute atomic E-state index is 0.00743. The van der Waals surface area contributed by atoms with Gasteiger partial charge in [0.25, 0.3) is 5.91 Å². The van der Waals surface area contributed by atoms with Crippen molar-refractivity contribution in [1.82, 2.24) is 19.9 Å². The number of hydrogen-bond acceptors (Lipinski definition) is 3. The SMILES string of the molecule is CC(C)(C)c1cn(C2CC3CCC(C2)N3C(=O)c2ccccc2Br)nn1. The van der Waals surface area contributed by atoms with Gasteiger partial charge in [-0.05, 0) is 53.7 Å². The molecule has 5 nitrogen and oxygen atoms in total. The second-order valence-electron chi connectivity index (χ2n) is 8.54. The summed E-state index contributed by atoms with van der Waals surface area (Å²) < 4.78 is 2.91. The van der Waals surface area contributed by atoms with E-state index in [4.69, 9.17) is 0 Å². The number of rotatable bonds is 2. The third-order valence-electron chi connectivity index (χ3n) is 5.70. The Kier molecular flexibility index (Phi) is 4.41. The average Bonchev–Trinajstić information content (AvgIpc) is 3.18. The zero-order valence-electron chi connectivity index (χ0n) is 15.5. The lowest BCUT2D eigenvalue weighted by atomic mass is 9.92. The molecule has 0 spiro atoms. The molecule has 2 atom stereocenters. The van der Waals surface area contributed by atoms with Gasteiger partial charge in [-0.1, -0.05) is 38.1 Å². The number of carbonyl (C=O) groups is 1. The summed E-state index contributed by atoms with van der Waals surface area (Å²) >= 11 is 3.52. The van der Waals surface area contributed by atoms with E-state index in [9.17, 15) is 4.79 Å². The lowest BCUT2D eigenvalue weighted by Crippen LogP contribution is -2.47. The highest BCUT2D eigenvalue weighted by Crippen LogP contribution is 2.42. The van der Waals surface area contributed by atoms with Gasteiger partial charge in [-0.2, -0.15) is 0 Å². The predicted octanol–water partition coefficient (Wildman–Crippen LogP) is 4.35. The molecule has 2 saturated heterocycles. The number of halogens is 1. The number of benzene rings is 1. The Hall–Kier alpha value is -1.69. The van der Waals surface area contributed by atoms with Crippen molar-refractivity contribution < 1.29 is 4.79 Å². The van der Waals surface area contributed by atoms with Gasteiger partial charge in [0.2, 0.25) is 0 Å². The molecule has 1 aromatic carbocycles. The molecule has 1 amide bonds. The molecule has 0 saturated carbocycles. The van der Waals surface area contributed by atoms with Gasteiger partial charge in [-0.25, -0.2) is 4.68 Å². The number of aromatic nitrogens is 3. The van der Waals surface area contributed by atoms with Gasteiger partial charge in [-0.15, -0.1) is 5.10 Å². The number of carbonyl (C=O) groups excluding carboxylic acids is 1. The second-order valence-corrected chi connectivity index (χ2v) is 9.39. The van der Waals surface area contributed by atoms with Crippen molar-refractivity contribution in [3.63, 3.8) is 0 Å². The minimum Gasteiger partial charge on any atom is -0.332 e. The van der Waals surface area contributed by atoms with Gasteiger partial charge in [0.15, 0.2) is 0 Å². The van der Waals surface area contributed by atoms with Crippen LogP contribution in [-0.4, -0.2) is 37.9 Å². The topological polar surface area (TPSA) is 51.0 Å². The average molecular weight is 417 g/mol. The highest BCUT2D eigenvalue weighted by Gasteiger charge is 2.44. The van der Waals surface area contributed by atoms with E-state index in [1.165, 1.54) is 0 Å². The molecule has 2 aromatic rings. The smallest absolute Gasteiger partial charge is 0.255 e. The van der Waals surface area contributed by atoms with Crippen LogP contribution in [-0.2, 0) is 5.41 Å². The van der Waals surface area contributed by atoms with Crippen LogP contribution in [0, 0.1) is 0 Å². The molecule has 2 fully saturated rings. The summed E-state index contributed by atoms with van der Waals surface area (Å²) in [6, 6.07) is 8.63. The van der Waals surface area contributed by atoms with Gasteiger partial charge < -0.3 is 4.90 Å². The molecule has 0 N–H and O–H groups in total. The molecule has 2 bridgehead atoms. The first-order valence-electron chi connectivity index (χ1n) is 9.34. The molecule has 0 radical (unpaired) electrons. The monoisotopic (exact) mass is 416 g/mol. The van der Waals surface area contributed by atoms with Crippen molar-refractivity contribution in [1.29, 1.82) is 0 Å². The predicted molar refractivity (Wildman–Crippen MR) is 104 cm³/mol. The molecule has 3 heterocycles. The maximum atomic E-state index is 13.1. The van der Waals surface area contributed by atoms with Crippen molar-refractivity contribution in [2.24, 2.45) is 0 Å². The van der Waals surface area contributed by atoms with E-state index in [0.29, 0.717) is 18.1 Å². The number of amides is 1. The lowest BCUT2D eigenvalue weighted by molar-refractivity contribution is 0.0522. The molecule has 2 aliphatic rings. The van der Waals surface area contributed by atoms with Crippen molar-refractivity contribution in [3.05, 3.63) is 46.2 Å². The van der Waals surface area contributed by atoms with E-state index in [0.717, 1.165) is 41.4 Å². The van der Waals surface area contributed by atoms with Gasteiger partial charge in [0.05, 0.1) is 17.3 Å². The molecule has 1 aromatic heterocycles. The molecular weight excluding hydrogens is 392 g/mol. The van der Waals surface area contributed by atoms with E-state index in [1.807, 2.05) is 28.9 Å². The molecule has 2 aliphatic heterocycles. The van der Waals surface area contributed by atoms with E-state index >= 15 is 0 Å². The lowest BCUT2D eigenvalue weighted by Gasteiger charge is -2.39. The van der Waals surface area contributed by atoms with Crippen LogP contribution in [0.2, 0.25) is 0 Å². The fourth-order valence-electron chi connectivity index (χ4n) is 4.27. The largest absolute Gasteiger partial charge is 0.332 e. The van der Waals surface area contributed by atoms with Crippen molar-refractivity contribution in [2.45, 2.75) is 70.0 Å². The summed E-state index contributed by atoms with van der Waals surface area (Å²) in [7, 11) is 0. The van der Waals surface area contributed by atoms with Gasteiger partial charge in [0, 0.05) is 28.2 Å². The summed E-state index contributed by atoms with van der Waals surface area (Å²) in [5.41, 5.74) is 1.79. The number of fused-ring (bicyclic) bond motifs is 2. The third kappa shape index (κ3) is 3.08. The molecule has 0 aliphatic carbocycles. The second kappa shape index (κ2) is 6.48. The van der Waals surface area contributed by atoms with E-state index in [2.05, 4.69) is 58.1 Å². The third-order valence-corrected chi connectivity index (χ3v) is 6.39. The highest BCUT2D eigenvalue weighted by molar-refractivity contribution is 9.10.